The van der Waals surface area contributed by atoms with E-state index in [0.29, 0.717) is 12.3 Å². The van der Waals surface area contributed by atoms with Crippen LogP contribution in [0.1, 0.15) is 37.4 Å². The van der Waals surface area contributed by atoms with Crippen LogP contribution in [0.3, 0.4) is 0 Å². The number of carbonyl (C=O) groups is 1. The molecule has 3 nitrogen and oxygen atoms in total. The zero-order chi connectivity index (χ0) is 14.2. The Morgan fingerprint density at radius 1 is 1.47 bits per heavy atom. The van der Waals surface area contributed by atoms with Crippen LogP contribution in [-0.2, 0) is 4.79 Å². The van der Waals surface area contributed by atoms with Crippen molar-refractivity contribution in [2.45, 2.75) is 39.3 Å². The Labute approximate surface area is 119 Å². The highest BCUT2D eigenvalue weighted by Gasteiger charge is 2.39. The number of carbonyl (C=O) groups excluding carboxylic acids is 1. The van der Waals surface area contributed by atoms with Gasteiger partial charge in [-0.2, -0.15) is 0 Å². The van der Waals surface area contributed by atoms with E-state index in [4.69, 9.17) is 17.3 Å². The summed E-state index contributed by atoms with van der Waals surface area (Å²) in [5.74, 6) is 0.588. The summed E-state index contributed by atoms with van der Waals surface area (Å²) in [5, 5.41) is 0.717. The topological polar surface area (TPSA) is 46.3 Å². The van der Waals surface area contributed by atoms with Crippen LogP contribution in [0.25, 0.3) is 0 Å². The normalized spacial score (nSPS) is 23.5. The van der Waals surface area contributed by atoms with Gasteiger partial charge in [-0.25, -0.2) is 0 Å². The second-order valence-electron chi connectivity index (χ2n) is 5.75. The van der Waals surface area contributed by atoms with Crippen molar-refractivity contribution in [1.82, 2.24) is 4.90 Å². The average Bonchev–Trinajstić information content (AvgIpc) is 2.54. The smallest absolute Gasteiger partial charge is 0.224 e. The van der Waals surface area contributed by atoms with Gasteiger partial charge in [-0.05, 0) is 36.1 Å². The van der Waals surface area contributed by atoms with Crippen LogP contribution in [0.2, 0.25) is 5.02 Å². The van der Waals surface area contributed by atoms with Gasteiger partial charge < -0.3 is 10.6 Å². The van der Waals surface area contributed by atoms with Gasteiger partial charge in [-0.15, -0.1) is 0 Å². The molecular weight excluding hydrogens is 260 g/mol. The van der Waals surface area contributed by atoms with E-state index in [0.717, 1.165) is 22.7 Å². The summed E-state index contributed by atoms with van der Waals surface area (Å²) >= 11 is 6.00. The van der Waals surface area contributed by atoms with Crippen LogP contribution in [0, 0.1) is 12.8 Å². The van der Waals surface area contributed by atoms with Gasteiger partial charge in [0.2, 0.25) is 5.91 Å². The first-order chi connectivity index (χ1) is 8.90. The molecule has 1 heterocycles. The summed E-state index contributed by atoms with van der Waals surface area (Å²) in [6.45, 7) is 7.00. The third-order valence-electron chi connectivity index (χ3n) is 3.58. The highest BCUT2D eigenvalue weighted by molar-refractivity contribution is 6.30. The number of amides is 1. The van der Waals surface area contributed by atoms with Crippen LogP contribution in [0.4, 0.5) is 0 Å². The highest BCUT2D eigenvalue weighted by atomic mass is 35.5. The van der Waals surface area contributed by atoms with Crippen LogP contribution in [0.15, 0.2) is 18.2 Å². The molecule has 0 radical (unpaired) electrons. The molecule has 1 aromatic carbocycles. The van der Waals surface area contributed by atoms with Gasteiger partial charge in [0.05, 0.1) is 6.04 Å². The molecule has 0 saturated carbocycles. The van der Waals surface area contributed by atoms with Crippen LogP contribution in [-0.4, -0.2) is 23.4 Å². The van der Waals surface area contributed by atoms with Gasteiger partial charge in [0.15, 0.2) is 0 Å². The molecular formula is C15H21ClN2O. The molecule has 1 aliphatic rings. The Hall–Kier alpha value is -1.06. The second kappa shape index (κ2) is 5.51. The number of nitrogens with two attached hydrogens (primary N) is 1. The number of nitrogens with zero attached hydrogens (tertiary/aromatic N) is 1. The third-order valence-corrected chi connectivity index (χ3v) is 3.82. The molecule has 104 valence electrons. The molecule has 0 aromatic heterocycles. The molecule has 1 fully saturated rings. The summed E-state index contributed by atoms with van der Waals surface area (Å²) in [5.41, 5.74) is 8.39. The summed E-state index contributed by atoms with van der Waals surface area (Å²) in [6, 6.07) is 5.64. The lowest BCUT2D eigenvalue weighted by molar-refractivity contribution is -0.129. The maximum Gasteiger partial charge on any atom is 0.224 e. The van der Waals surface area contributed by atoms with E-state index in [-0.39, 0.29) is 18.0 Å². The van der Waals surface area contributed by atoms with Crippen molar-refractivity contribution >= 4 is 17.5 Å². The fourth-order valence-electron chi connectivity index (χ4n) is 2.80. The first-order valence-corrected chi connectivity index (χ1v) is 7.09. The van der Waals surface area contributed by atoms with Gasteiger partial charge in [0.1, 0.15) is 0 Å². The van der Waals surface area contributed by atoms with Gasteiger partial charge >= 0.3 is 0 Å². The molecule has 2 rings (SSSR count). The molecule has 1 aliphatic heterocycles. The summed E-state index contributed by atoms with van der Waals surface area (Å²) in [6.07, 6.45) is 0.430. The Kier molecular flexibility index (Phi) is 4.16. The molecule has 2 atom stereocenters. The van der Waals surface area contributed by atoms with Crippen molar-refractivity contribution in [2.24, 2.45) is 11.7 Å². The molecule has 1 saturated heterocycles. The molecule has 0 bridgehead atoms. The standard InChI is InChI=1S/C15H21ClN2O/c1-9(2)8-18-14(19)7-13(17)15(18)12-5-4-11(16)6-10(12)3/h4-6,9,13,15H,7-8,17H2,1-3H3. The van der Waals surface area contributed by atoms with Crippen molar-refractivity contribution in [3.8, 4) is 0 Å². The molecule has 0 spiro atoms. The molecule has 2 N–H and O–H groups in total. The van der Waals surface area contributed by atoms with E-state index >= 15 is 0 Å². The predicted octanol–water partition coefficient (Wildman–Crippen LogP) is 2.91. The summed E-state index contributed by atoms with van der Waals surface area (Å²) < 4.78 is 0. The number of benzene rings is 1. The lowest BCUT2D eigenvalue weighted by Gasteiger charge is -2.30. The van der Waals surface area contributed by atoms with E-state index in [1.165, 1.54) is 0 Å². The van der Waals surface area contributed by atoms with Crippen molar-refractivity contribution in [3.63, 3.8) is 0 Å². The lowest BCUT2D eigenvalue weighted by Crippen LogP contribution is -2.35. The fourth-order valence-corrected chi connectivity index (χ4v) is 3.02. The van der Waals surface area contributed by atoms with Crippen molar-refractivity contribution in [1.29, 1.82) is 0 Å². The Morgan fingerprint density at radius 2 is 2.16 bits per heavy atom. The number of aryl methyl sites for hydroxylation is 1. The van der Waals surface area contributed by atoms with E-state index < -0.39 is 0 Å². The number of rotatable bonds is 3. The quantitative estimate of drug-likeness (QED) is 0.925. The molecule has 4 heteroatoms. The highest BCUT2D eigenvalue weighted by Crippen LogP contribution is 2.35. The zero-order valence-electron chi connectivity index (χ0n) is 11.7. The summed E-state index contributed by atoms with van der Waals surface area (Å²) in [7, 11) is 0. The predicted molar refractivity (Wildman–Crippen MR) is 78.1 cm³/mol. The maximum atomic E-state index is 12.1. The Morgan fingerprint density at radius 3 is 2.74 bits per heavy atom. The van der Waals surface area contributed by atoms with E-state index in [2.05, 4.69) is 13.8 Å². The average molecular weight is 281 g/mol. The summed E-state index contributed by atoms with van der Waals surface area (Å²) in [4.78, 5) is 14.0. The number of likely N-dealkylation sites (tertiary alicyclic amines) is 1. The second-order valence-corrected chi connectivity index (χ2v) is 6.19. The van der Waals surface area contributed by atoms with Crippen LogP contribution >= 0.6 is 11.6 Å². The number of hydrogen-bond acceptors (Lipinski definition) is 2. The molecule has 1 amide bonds. The largest absolute Gasteiger partial charge is 0.334 e. The minimum atomic E-state index is -0.133. The van der Waals surface area contributed by atoms with Crippen molar-refractivity contribution < 1.29 is 4.79 Å². The number of halogens is 1. The van der Waals surface area contributed by atoms with Crippen molar-refractivity contribution in [3.05, 3.63) is 34.3 Å². The zero-order valence-corrected chi connectivity index (χ0v) is 12.4. The van der Waals surface area contributed by atoms with Crippen molar-refractivity contribution in [2.75, 3.05) is 6.54 Å². The maximum absolute atomic E-state index is 12.1. The first-order valence-electron chi connectivity index (χ1n) is 6.71. The van der Waals surface area contributed by atoms with Crippen LogP contribution < -0.4 is 5.73 Å². The molecule has 2 unspecified atom stereocenters. The molecule has 19 heavy (non-hydrogen) atoms. The van der Waals surface area contributed by atoms with Gasteiger partial charge in [0.25, 0.3) is 0 Å². The van der Waals surface area contributed by atoms with Gasteiger partial charge in [-0.1, -0.05) is 31.5 Å². The van der Waals surface area contributed by atoms with E-state index in [1.54, 1.807) is 0 Å². The third kappa shape index (κ3) is 2.93. The van der Waals surface area contributed by atoms with E-state index in [9.17, 15) is 4.79 Å². The number of hydrogen-bond donors (Lipinski definition) is 1. The molecule has 1 aromatic rings. The minimum Gasteiger partial charge on any atom is -0.334 e. The fraction of sp³-hybridized carbons (Fsp3) is 0.533. The lowest BCUT2D eigenvalue weighted by atomic mass is 9.96. The minimum absolute atomic E-state index is 0.0211. The van der Waals surface area contributed by atoms with E-state index in [1.807, 2.05) is 30.0 Å². The molecule has 0 aliphatic carbocycles. The monoisotopic (exact) mass is 280 g/mol. The van der Waals surface area contributed by atoms with Crippen LogP contribution in [0.5, 0.6) is 0 Å². The SMILES string of the molecule is Cc1cc(Cl)ccc1C1C(N)CC(=O)N1CC(C)C. The Bertz CT molecular complexity index is 487. The van der Waals surface area contributed by atoms with Gasteiger partial charge in [-0.3, -0.25) is 4.79 Å². The first kappa shape index (κ1) is 14.4. The Balaban J connectivity index is 2.36. The van der Waals surface area contributed by atoms with Gasteiger partial charge in [0, 0.05) is 24.0 Å².